The highest BCUT2D eigenvalue weighted by molar-refractivity contribution is 6.95. The average Bonchev–Trinajstić information content (AvgIpc) is 2.80. The molecule has 0 atom stereocenters. The summed E-state index contributed by atoms with van der Waals surface area (Å²) in [5.74, 6) is 0. The summed E-state index contributed by atoms with van der Waals surface area (Å²) < 4.78 is 243. The molecule has 234 valence electrons. The van der Waals surface area contributed by atoms with Crippen LogP contribution in [0.3, 0.4) is 0 Å². The number of hydrogen-bond acceptors (Lipinski definition) is 0. The normalized spacial score (nSPS) is 13.8. The molecule has 0 saturated carbocycles. The van der Waals surface area contributed by atoms with Gasteiger partial charge in [0.05, 0.1) is 33.4 Å². The van der Waals surface area contributed by atoms with Crippen LogP contribution >= 0.6 is 0 Å². The van der Waals surface area contributed by atoms with Crippen molar-refractivity contribution in [3.8, 4) is 0 Å². The van der Waals surface area contributed by atoms with E-state index in [1.807, 2.05) is 0 Å². The molecule has 0 aromatic heterocycles. The Kier molecular flexibility index (Phi) is 8.35. The van der Waals surface area contributed by atoms with Gasteiger partial charge in [0.15, 0.2) is 0 Å². The van der Waals surface area contributed by atoms with E-state index in [1.54, 1.807) is 0 Å². The third-order valence-electron chi connectivity index (χ3n) is 5.83. The van der Waals surface area contributed by atoms with Crippen LogP contribution in [0.2, 0.25) is 0 Å². The molecule has 43 heavy (non-hydrogen) atoms. The van der Waals surface area contributed by atoms with Gasteiger partial charge in [-0.2, -0.15) is 79.0 Å². The van der Waals surface area contributed by atoms with Crippen molar-refractivity contribution in [2.75, 3.05) is 0 Å². The highest BCUT2D eigenvalue weighted by Crippen LogP contribution is 2.38. The monoisotopic (exact) mass is 650 g/mol. The van der Waals surface area contributed by atoms with E-state index in [0.29, 0.717) is 0 Å². The van der Waals surface area contributed by atoms with Crippen LogP contribution < -0.4 is 16.4 Å². The van der Waals surface area contributed by atoms with Gasteiger partial charge in [0, 0.05) is 0 Å². The van der Waals surface area contributed by atoms with E-state index in [9.17, 15) is 79.0 Å². The molecule has 3 rings (SSSR count). The second kappa shape index (κ2) is 10.6. The molecule has 0 fully saturated rings. The molecule has 0 saturated heterocycles. The molecule has 0 nitrogen and oxygen atoms in total. The number of benzene rings is 3. The lowest BCUT2D eigenvalue weighted by Gasteiger charge is -2.23. The second-order valence-corrected chi connectivity index (χ2v) is 8.95. The van der Waals surface area contributed by atoms with Crippen LogP contribution in [0.1, 0.15) is 33.4 Å². The van der Waals surface area contributed by atoms with Crippen LogP contribution in [0.4, 0.5) is 79.0 Å². The Morgan fingerprint density at radius 3 is 0.512 bits per heavy atom. The van der Waals surface area contributed by atoms with Crippen LogP contribution in [-0.2, 0) is 37.1 Å². The minimum atomic E-state index is -5.67. The van der Waals surface area contributed by atoms with Gasteiger partial charge in [-0.25, -0.2) is 0 Å². The lowest BCUT2D eigenvalue weighted by Crippen LogP contribution is -2.53. The maximum Gasteiger partial charge on any atom is 0.416 e. The molecule has 0 N–H and O–H groups in total. The fourth-order valence-electron chi connectivity index (χ4n) is 4.01. The zero-order chi connectivity index (χ0) is 33.1. The van der Waals surface area contributed by atoms with Crippen molar-refractivity contribution in [1.29, 1.82) is 0 Å². The molecule has 0 amide bonds. The summed E-state index contributed by atoms with van der Waals surface area (Å²) in [5.41, 5.74) is -17.7. The van der Waals surface area contributed by atoms with Crippen LogP contribution in [0.25, 0.3) is 0 Å². The van der Waals surface area contributed by atoms with Crippen LogP contribution in [0, 0.1) is 0 Å². The fraction of sp³-hybridized carbons (Fsp3) is 0.250. The highest BCUT2D eigenvalue weighted by Gasteiger charge is 2.43. The van der Waals surface area contributed by atoms with Crippen molar-refractivity contribution in [2.24, 2.45) is 0 Å². The zero-order valence-electron chi connectivity index (χ0n) is 20.1. The summed E-state index contributed by atoms with van der Waals surface area (Å²) in [7, 11) is 0. The molecule has 19 heteroatoms. The van der Waals surface area contributed by atoms with E-state index in [0.717, 1.165) is 0 Å². The molecule has 0 aliphatic carbocycles. The van der Waals surface area contributed by atoms with Crippen molar-refractivity contribution in [1.82, 2.24) is 0 Å². The second-order valence-electron chi connectivity index (χ2n) is 8.95. The number of halogens is 18. The molecule has 0 aliphatic rings. The van der Waals surface area contributed by atoms with Gasteiger partial charge in [-0.1, -0.05) is 52.8 Å². The van der Waals surface area contributed by atoms with Crippen LogP contribution in [-0.4, -0.2) is 6.71 Å². The van der Waals surface area contributed by atoms with E-state index in [2.05, 4.69) is 0 Å². The maximum absolute atomic E-state index is 13.5. The molecular weight excluding hydrogens is 641 g/mol. The predicted molar refractivity (Wildman–Crippen MR) is 114 cm³/mol. The first-order chi connectivity index (χ1) is 19.1. The van der Waals surface area contributed by atoms with Gasteiger partial charge in [0.2, 0.25) is 6.71 Å². The Labute approximate surface area is 228 Å². The molecule has 0 radical (unpaired) electrons. The van der Waals surface area contributed by atoms with Crippen molar-refractivity contribution in [3.63, 3.8) is 0 Å². The van der Waals surface area contributed by atoms with Crippen molar-refractivity contribution in [2.45, 2.75) is 37.1 Å². The van der Waals surface area contributed by atoms with E-state index in [-0.39, 0.29) is 36.4 Å². The van der Waals surface area contributed by atoms with Crippen LogP contribution in [0.5, 0.6) is 0 Å². The summed E-state index contributed by atoms with van der Waals surface area (Å²) in [6, 6.07) is -2.95. The van der Waals surface area contributed by atoms with Gasteiger partial charge in [-0.15, -0.1) is 0 Å². The Balaban J connectivity index is 2.60. The van der Waals surface area contributed by atoms with E-state index in [1.165, 1.54) is 0 Å². The van der Waals surface area contributed by atoms with Crippen LogP contribution in [0.15, 0.2) is 54.6 Å². The smallest absolute Gasteiger partial charge is 0.166 e. The molecule has 0 unspecified atom stereocenters. The van der Waals surface area contributed by atoms with Gasteiger partial charge in [0.25, 0.3) is 0 Å². The Morgan fingerprint density at radius 2 is 0.395 bits per heavy atom. The summed E-state index contributed by atoms with van der Waals surface area (Å²) in [6.45, 7) is -2.88. The lowest BCUT2D eigenvalue weighted by atomic mass is 9.36. The zero-order valence-corrected chi connectivity index (χ0v) is 20.1. The van der Waals surface area contributed by atoms with Gasteiger partial charge in [-0.3, -0.25) is 0 Å². The first-order valence-corrected chi connectivity index (χ1v) is 11.0. The SMILES string of the molecule is FC(F)(F)c1cc(B(c2cc(C(F)(F)F)cc(C(F)(F)F)c2)c2cc(C(F)(F)F)cc(C(F)(F)F)c2)cc(C(F)(F)F)c1. The summed E-state index contributed by atoms with van der Waals surface area (Å²) in [5, 5.41) is 0. The molecule has 0 spiro atoms. The topological polar surface area (TPSA) is 0 Å². The summed E-state index contributed by atoms with van der Waals surface area (Å²) in [6.07, 6.45) is -34.0. The van der Waals surface area contributed by atoms with Gasteiger partial charge in [0.1, 0.15) is 0 Å². The molecule has 3 aromatic rings. The van der Waals surface area contributed by atoms with Crippen molar-refractivity contribution < 1.29 is 79.0 Å². The largest absolute Gasteiger partial charge is 0.416 e. The van der Waals surface area contributed by atoms with E-state index < -0.39 is 112 Å². The molecule has 0 aliphatic heterocycles. The third-order valence-corrected chi connectivity index (χ3v) is 5.83. The molecular formula is C24H9BF18. The van der Waals surface area contributed by atoms with Crippen molar-refractivity contribution >= 4 is 23.1 Å². The highest BCUT2D eigenvalue weighted by atomic mass is 19.4. The molecule has 3 aromatic carbocycles. The number of hydrogen-bond donors (Lipinski definition) is 0. The molecule has 0 bridgehead atoms. The lowest BCUT2D eigenvalue weighted by molar-refractivity contribution is -0.144. The summed E-state index contributed by atoms with van der Waals surface area (Å²) >= 11 is 0. The predicted octanol–water partition coefficient (Wildman–Crippen LogP) is 8.32. The average molecular weight is 650 g/mol. The minimum absolute atomic E-state index is 0.235. The Hall–Kier alpha value is -3.54. The van der Waals surface area contributed by atoms with Gasteiger partial charge < -0.3 is 0 Å². The fourth-order valence-corrected chi connectivity index (χ4v) is 4.01. The standard InChI is InChI=1S/C24H9BF18/c26-19(27,28)10-1-11(20(29,30)31)5-16(4-10)25(17-6-12(21(32,33)34)2-13(7-17)22(35,36)37)18-8-14(23(38,39)40)3-15(9-18)24(41,42)43/h1-9H. The quantitative estimate of drug-likeness (QED) is 0.198. The van der Waals surface area contributed by atoms with Gasteiger partial charge in [-0.05, 0) is 18.2 Å². The van der Waals surface area contributed by atoms with E-state index in [4.69, 9.17) is 0 Å². The third kappa shape index (κ3) is 7.90. The first-order valence-electron chi connectivity index (χ1n) is 11.0. The van der Waals surface area contributed by atoms with Gasteiger partial charge >= 0.3 is 37.1 Å². The van der Waals surface area contributed by atoms with E-state index >= 15 is 0 Å². The van der Waals surface area contributed by atoms with Crippen molar-refractivity contribution in [3.05, 3.63) is 88.0 Å². The Morgan fingerprint density at radius 1 is 0.256 bits per heavy atom. The molecule has 0 heterocycles. The maximum atomic E-state index is 13.5. The summed E-state index contributed by atoms with van der Waals surface area (Å²) in [4.78, 5) is 0. The number of alkyl halides is 18. The Bertz CT molecular complexity index is 1210. The first kappa shape index (κ1) is 34.0. The minimum Gasteiger partial charge on any atom is -0.166 e. The number of rotatable bonds is 3.